The van der Waals surface area contributed by atoms with Gasteiger partial charge in [-0.15, -0.1) is 11.3 Å². The third-order valence-corrected chi connectivity index (χ3v) is 5.31. The summed E-state index contributed by atoms with van der Waals surface area (Å²) in [5, 5.41) is 11.4. The van der Waals surface area contributed by atoms with Crippen molar-refractivity contribution in [3.05, 3.63) is 52.2 Å². The van der Waals surface area contributed by atoms with E-state index in [9.17, 15) is 9.90 Å². The van der Waals surface area contributed by atoms with Crippen molar-refractivity contribution in [2.75, 3.05) is 13.2 Å². The maximum atomic E-state index is 12.2. The number of ether oxygens (including phenoxy) is 2. The van der Waals surface area contributed by atoms with Crippen molar-refractivity contribution in [3.63, 3.8) is 0 Å². The zero-order valence-electron chi connectivity index (χ0n) is 13.5. The van der Waals surface area contributed by atoms with Crippen molar-refractivity contribution in [2.45, 2.75) is 26.1 Å². The summed E-state index contributed by atoms with van der Waals surface area (Å²) in [6.45, 7) is 1.47. The number of aliphatic hydroxyl groups is 1. The Labute approximate surface area is 146 Å². The molecule has 0 saturated heterocycles. The third kappa shape index (κ3) is 4.23. The molecule has 0 spiro atoms. The molecule has 1 heterocycles. The maximum absolute atomic E-state index is 12.2. The van der Waals surface area contributed by atoms with Gasteiger partial charge in [0.2, 0.25) is 0 Å². The van der Waals surface area contributed by atoms with E-state index in [2.05, 4.69) is 6.07 Å². The highest BCUT2D eigenvalue weighted by atomic mass is 32.1. The molecule has 0 unspecified atom stereocenters. The summed E-state index contributed by atoms with van der Waals surface area (Å²) in [4.78, 5) is 13.4. The molecule has 1 aliphatic rings. The molecule has 1 fully saturated rings. The molecule has 1 aliphatic carbocycles. The molecule has 1 aromatic carbocycles. The van der Waals surface area contributed by atoms with Crippen LogP contribution in [0.3, 0.4) is 0 Å². The number of hydrogen-bond donors (Lipinski definition) is 1. The van der Waals surface area contributed by atoms with E-state index >= 15 is 0 Å². The van der Waals surface area contributed by atoms with E-state index in [0.717, 1.165) is 12.0 Å². The largest absolute Gasteiger partial charge is 0.492 e. The van der Waals surface area contributed by atoms with Gasteiger partial charge in [-0.2, -0.15) is 0 Å². The molecule has 0 bridgehead atoms. The van der Waals surface area contributed by atoms with Crippen molar-refractivity contribution in [3.8, 4) is 5.75 Å². The van der Waals surface area contributed by atoms with Gasteiger partial charge in [0.15, 0.2) is 0 Å². The molecule has 3 rings (SSSR count). The summed E-state index contributed by atoms with van der Waals surface area (Å²) >= 11 is 1.68. The van der Waals surface area contributed by atoms with Gasteiger partial charge in [0.1, 0.15) is 11.5 Å². The SMILES string of the molecule is O=C1CC[C@H](COCc2cccs2)[C@H]1COc1ccccc1CO. The van der Waals surface area contributed by atoms with E-state index in [1.165, 1.54) is 4.88 Å². The zero-order valence-corrected chi connectivity index (χ0v) is 14.3. The summed E-state index contributed by atoms with van der Waals surface area (Å²) < 4.78 is 11.6. The first-order valence-corrected chi connectivity index (χ1v) is 9.10. The summed E-state index contributed by atoms with van der Waals surface area (Å²) in [6, 6.07) is 11.4. The van der Waals surface area contributed by atoms with Gasteiger partial charge in [-0.3, -0.25) is 4.79 Å². The van der Waals surface area contributed by atoms with Crippen LogP contribution in [0, 0.1) is 11.8 Å². The van der Waals surface area contributed by atoms with Gasteiger partial charge in [-0.1, -0.05) is 24.3 Å². The topological polar surface area (TPSA) is 55.8 Å². The molecule has 24 heavy (non-hydrogen) atoms. The van der Waals surface area contributed by atoms with Gasteiger partial charge in [0.25, 0.3) is 0 Å². The van der Waals surface area contributed by atoms with E-state index in [-0.39, 0.29) is 24.2 Å². The van der Waals surface area contributed by atoms with Gasteiger partial charge < -0.3 is 14.6 Å². The molecule has 0 radical (unpaired) electrons. The molecule has 1 N–H and O–H groups in total. The van der Waals surface area contributed by atoms with Crippen LogP contribution in [0.2, 0.25) is 0 Å². The number of Topliss-reactive ketones (excluding diaryl/α,β-unsaturated/α-hetero) is 1. The van der Waals surface area contributed by atoms with Gasteiger partial charge in [-0.25, -0.2) is 0 Å². The van der Waals surface area contributed by atoms with Gasteiger partial charge in [0.05, 0.1) is 32.3 Å². The van der Waals surface area contributed by atoms with Crippen LogP contribution < -0.4 is 4.74 Å². The molecule has 5 heteroatoms. The van der Waals surface area contributed by atoms with E-state index in [0.29, 0.717) is 32.0 Å². The average Bonchev–Trinajstić information content (AvgIpc) is 3.24. The number of carbonyl (C=O) groups excluding carboxylic acids is 1. The highest BCUT2D eigenvalue weighted by Gasteiger charge is 2.35. The first-order valence-electron chi connectivity index (χ1n) is 8.22. The lowest BCUT2D eigenvalue weighted by Crippen LogP contribution is -2.25. The summed E-state index contributed by atoms with van der Waals surface area (Å²) in [5.41, 5.74) is 0.744. The lowest BCUT2D eigenvalue weighted by atomic mass is 9.97. The Balaban J connectivity index is 1.53. The van der Waals surface area contributed by atoms with Crippen molar-refractivity contribution in [2.24, 2.45) is 11.8 Å². The number of aliphatic hydroxyl groups excluding tert-OH is 1. The number of thiophene rings is 1. The van der Waals surface area contributed by atoms with Crippen LogP contribution in [0.1, 0.15) is 23.3 Å². The second kappa shape index (κ2) is 8.42. The Bertz CT molecular complexity index is 653. The number of hydrogen-bond acceptors (Lipinski definition) is 5. The van der Waals surface area contributed by atoms with Gasteiger partial charge in [0, 0.05) is 16.9 Å². The molecule has 2 aromatic rings. The lowest BCUT2D eigenvalue weighted by Gasteiger charge is -2.19. The van der Waals surface area contributed by atoms with E-state index in [1.54, 1.807) is 11.3 Å². The monoisotopic (exact) mass is 346 g/mol. The predicted molar refractivity (Wildman–Crippen MR) is 93.1 cm³/mol. The molecular weight excluding hydrogens is 324 g/mol. The molecule has 4 nitrogen and oxygen atoms in total. The molecule has 1 aromatic heterocycles. The van der Waals surface area contributed by atoms with Crippen LogP contribution in [0.15, 0.2) is 41.8 Å². The second-order valence-corrected chi connectivity index (χ2v) is 7.08. The summed E-state index contributed by atoms with van der Waals surface area (Å²) in [5.74, 6) is 0.984. The summed E-state index contributed by atoms with van der Waals surface area (Å²) in [7, 11) is 0. The molecule has 2 atom stereocenters. The van der Waals surface area contributed by atoms with Crippen molar-refractivity contribution in [1.29, 1.82) is 0 Å². The van der Waals surface area contributed by atoms with Crippen molar-refractivity contribution in [1.82, 2.24) is 0 Å². The van der Waals surface area contributed by atoms with Crippen LogP contribution in [-0.2, 0) is 22.7 Å². The Morgan fingerprint density at radius 2 is 2.04 bits per heavy atom. The lowest BCUT2D eigenvalue weighted by molar-refractivity contribution is -0.122. The Morgan fingerprint density at radius 1 is 1.17 bits per heavy atom. The van der Waals surface area contributed by atoms with Crippen molar-refractivity contribution >= 4 is 17.1 Å². The predicted octanol–water partition coefficient (Wildman–Crippen LogP) is 3.43. The maximum Gasteiger partial charge on any atom is 0.139 e. The molecular formula is C19H22O4S. The van der Waals surface area contributed by atoms with Crippen LogP contribution in [0.4, 0.5) is 0 Å². The zero-order chi connectivity index (χ0) is 16.8. The van der Waals surface area contributed by atoms with Crippen molar-refractivity contribution < 1.29 is 19.4 Å². The fourth-order valence-corrected chi connectivity index (χ4v) is 3.71. The standard InChI is InChI=1S/C19H22O4S/c20-10-14-4-1-2-6-19(14)23-13-17-15(7-8-18(17)21)11-22-12-16-5-3-9-24-16/h1-6,9,15,17,20H,7-8,10-13H2/t15-,17-/m1/s1. The normalized spacial score (nSPS) is 20.5. The first-order chi connectivity index (χ1) is 11.8. The number of rotatable bonds is 8. The molecule has 1 saturated carbocycles. The average molecular weight is 346 g/mol. The quantitative estimate of drug-likeness (QED) is 0.796. The van der Waals surface area contributed by atoms with Gasteiger partial charge >= 0.3 is 0 Å². The minimum Gasteiger partial charge on any atom is -0.492 e. The van der Waals surface area contributed by atoms with E-state index < -0.39 is 0 Å². The fourth-order valence-electron chi connectivity index (χ4n) is 3.07. The van der Waals surface area contributed by atoms with Crippen LogP contribution >= 0.6 is 11.3 Å². The van der Waals surface area contributed by atoms with Crippen LogP contribution in [0.5, 0.6) is 5.75 Å². The second-order valence-electron chi connectivity index (χ2n) is 6.04. The molecule has 128 valence electrons. The Kier molecular flexibility index (Phi) is 6.01. The van der Waals surface area contributed by atoms with Gasteiger partial charge in [-0.05, 0) is 29.9 Å². The third-order valence-electron chi connectivity index (χ3n) is 4.46. The Hall–Kier alpha value is -1.69. The minimum absolute atomic E-state index is 0.0673. The minimum atomic E-state index is -0.125. The number of carbonyl (C=O) groups is 1. The molecule has 0 aliphatic heterocycles. The van der Waals surface area contributed by atoms with Crippen LogP contribution in [0.25, 0.3) is 0 Å². The first kappa shape index (κ1) is 17.1. The highest BCUT2D eigenvalue weighted by Crippen LogP contribution is 2.31. The van der Waals surface area contributed by atoms with Crippen LogP contribution in [-0.4, -0.2) is 24.1 Å². The Morgan fingerprint density at radius 3 is 2.83 bits per heavy atom. The van der Waals surface area contributed by atoms with E-state index in [1.807, 2.05) is 35.7 Å². The smallest absolute Gasteiger partial charge is 0.139 e. The molecule has 0 amide bonds. The fraction of sp³-hybridized carbons (Fsp3) is 0.421. The summed E-state index contributed by atoms with van der Waals surface area (Å²) in [6.07, 6.45) is 1.46. The number of ketones is 1. The number of benzene rings is 1. The number of para-hydroxylation sites is 1. The highest BCUT2D eigenvalue weighted by molar-refractivity contribution is 7.09. The van der Waals surface area contributed by atoms with E-state index in [4.69, 9.17) is 9.47 Å².